The van der Waals surface area contributed by atoms with E-state index in [1.807, 2.05) is 6.92 Å². The molecule has 146 valence electrons. The Morgan fingerprint density at radius 3 is 2.92 bits per heavy atom. The van der Waals surface area contributed by atoms with E-state index in [0.717, 1.165) is 7.11 Å². The number of nitrogen functional groups attached to an aromatic ring is 1. The first-order valence-corrected chi connectivity index (χ1v) is 9.90. The van der Waals surface area contributed by atoms with E-state index in [4.69, 9.17) is 19.7 Å². The second kappa shape index (κ2) is 7.03. The minimum atomic E-state index is -4.22. The molecule has 5 atom stereocenters. The highest BCUT2D eigenvalue weighted by Crippen LogP contribution is 2.55. The SMILES string of the molecule is CCCC1(OP(=O)(O)OC)COC2C1CO[C@H]2n1cc(C)c(N)nc1=O. The fraction of sp³-hybridized carbons (Fsp3) is 0.733. The molecular formula is C15H24N3O7P. The second-order valence-corrected chi connectivity index (χ2v) is 8.15. The molecule has 0 radical (unpaired) electrons. The van der Waals surface area contributed by atoms with Crippen molar-refractivity contribution in [1.82, 2.24) is 9.55 Å². The maximum Gasteiger partial charge on any atom is 0.472 e. The van der Waals surface area contributed by atoms with Crippen LogP contribution < -0.4 is 11.4 Å². The van der Waals surface area contributed by atoms with Crippen LogP contribution in [0.25, 0.3) is 0 Å². The number of anilines is 1. The van der Waals surface area contributed by atoms with Gasteiger partial charge in [-0.3, -0.25) is 13.6 Å². The molecule has 3 heterocycles. The third kappa shape index (κ3) is 3.33. The summed E-state index contributed by atoms with van der Waals surface area (Å²) in [4.78, 5) is 25.8. The Bertz CT molecular complexity index is 785. The predicted octanol–water partition coefficient (Wildman–Crippen LogP) is 0.980. The molecule has 26 heavy (non-hydrogen) atoms. The van der Waals surface area contributed by atoms with Gasteiger partial charge < -0.3 is 20.1 Å². The molecular weight excluding hydrogens is 365 g/mol. The summed E-state index contributed by atoms with van der Waals surface area (Å²) < 4.78 is 35.1. The minimum absolute atomic E-state index is 0.111. The lowest BCUT2D eigenvalue weighted by molar-refractivity contribution is -0.0662. The van der Waals surface area contributed by atoms with Crippen molar-refractivity contribution in [2.75, 3.05) is 26.1 Å². The summed E-state index contributed by atoms with van der Waals surface area (Å²) in [7, 11) is -3.10. The smallest absolute Gasteiger partial charge is 0.383 e. The number of fused-ring (bicyclic) bond motifs is 1. The summed E-state index contributed by atoms with van der Waals surface area (Å²) in [5.74, 6) is -0.161. The first-order chi connectivity index (χ1) is 12.2. The average molecular weight is 389 g/mol. The van der Waals surface area contributed by atoms with Gasteiger partial charge in [0.25, 0.3) is 0 Å². The Labute approximate surface area is 150 Å². The Morgan fingerprint density at radius 1 is 1.54 bits per heavy atom. The van der Waals surface area contributed by atoms with Crippen LogP contribution in [0.15, 0.2) is 11.0 Å². The highest BCUT2D eigenvalue weighted by atomic mass is 31.2. The number of phosphoric acid groups is 1. The summed E-state index contributed by atoms with van der Waals surface area (Å²) in [5, 5.41) is 0. The molecule has 0 bridgehead atoms. The van der Waals surface area contributed by atoms with E-state index in [0.29, 0.717) is 18.4 Å². The standard InChI is InChI=1S/C15H24N3O7P/c1-4-5-15(25-26(20,21)22-3)8-24-11-10(15)7-23-13(11)18-6-9(2)12(16)17-14(18)19/h6,10-11,13H,4-5,7-8H2,1-3H3,(H,20,21)(H2,16,17,19)/t10?,11?,13-,15?/m1/s1. The Kier molecular flexibility index (Phi) is 5.26. The van der Waals surface area contributed by atoms with Crippen LogP contribution in [0.2, 0.25) is 0 Å². The third-order valence-electron chi connectivity index (χ3n) is 4.97. The van der Waals surface area contributed by atoms with Gasteiger partial charge in [-0.15, -0.1) is 0 Å². The van der Waals surface area contributed by atoms with Gasteiger partial charge in [0.05, 0.1) is 13.2 Å². The van der Waals surface area contributed by atoms with E-state index in [2.05, 4.69) is 9.51 Å². The third-order valence-corrected chi connectivity index (χ3v) is 6.02. The molecule has 10 nitrogen and oxygen atoms in total. The van der Waals surface area contributed by atoms with Crippen LogP contribution >= 0.6 is 7.82 Å². The molecule has 1 aromatic heterocycles. The maximum atomic E-state index is 12.2. The number of aromatic nitrogens is 2. The number of nitrogens with zero attached hydrogens (tertiary/aromatic N) is 2. The van der Waals surface area contributed by atoms with Crippen LogP contribution in [-0.4, -0.2) is 46.5 Å². The zero-order valence-electron chi connectivity index (χ0n) is 15.0. The Morgan fingerprint density at radius 2 is 2.27 bits per heavy atom. The summed E-state index contributed by atoms with van der Waals surface area (Å²) in [6.07, 6.45) is 1.56. The van der Waals surface area contributed by atoms with Crippen LogP contribution in [-0.2, 0) is 23.1 Å². The molecule has 0 saturated carbocycles. The number of ether oxygens (including phenoxy) is 2. The molecule has 11 heteroatoms. The largest absolute Gasteiger partial charge is 0.472 e. The molecule has 0 aliphatic carbocycles. The monoisotopic (exact) mass is 389 g/mol. The van der Waals surface area contributed by atoms with Gasteiger partial charge in [-0.25, -0.2) is 9.36 Å². The summed E-state index contributed by atoms with van der Waals surface area (Å²) in [6, 6.07) is 0. The minimum Gasteiger partial charge on any atom is -0.383 e. The van der Waals surface area contributed by atoms with Crippen LogP contribution in [0.1, 0.15) is 31.6 Å². The van der Waals surface area contributed by atoms with Gasteiger partial charge in [-0.05, 0) is 13.3 Å². The molecule has 4 unspecified atom stereocenters. The fourth-order valence-corrected chi connectivity index (χ4v) is 4.49. The van der Waals surface area contributed by atoms with Gasteiger partial charge in [0.15, 0.2) is 6.23 Å². The van der Waals surface area contributed by atoms with Crippen molar-refractivity contribution >= 4 is 13.6 Å². The number of rotatable bonds is 6. The number of aryl methyl sites for hydroxylation is 1. The quantitative estimate of drug-likeness (QED) is 0.682. The molecule has 0 spiro atoms. The topological polar surface area (TPSA) is 135 Å². The van der Waals surface area contributed by atoms with E-state index in [1.165, 1.54) is 4.57 Å². The van der Waals surface area contributed by atoms with Crippen molar-refractivity contribution < 1.29 is 28.0 Å². The molecule has 2 aliphatic heterocycles. The molecule has 1 aromatic rings. The fourth-order valence-electron chi connectivity index (χ4n) is 3.67. The van der Waals surface area contributed by atoms with E-state index in [1.54, 1.807) is 13.1 Å². The lowest BCUT2D eigenvalue weighted by Crippen LogP contribution is -2.42. The lowest BCUT2D eigenvalue weighted by atomic mass is 9.84. The van der Waals surface area contributed by atoms with E-state index in [9.17, 15) is 14.3 Å². The van der Waals surface area contributed by atoms with Crippen LogP contribution in [0, 0.1) is 12.8 Å². The van der Waals surface area contributed by atoms with Gasteiger partial charge >= 0.3 is 13.5 Å². The second-order valence-electron chi connectivity index (χ2n) is 6.66. The summed E-state index contributed by atoms with van der Waals surface area (Å²) >= 11 is 0. The van der Waals surface area contributed by atoms with Gasteiger partial charge in [0.1, 0.15) is 17.5 Å². The zero-order chi connectivity index (χ0) is 19.1. The highest BCUT2D eigenvalue weighted by molar-refractivity contribution is 7.47. The lowest BCUT2D eigenvalue weighted by Gasteiger charge is -2.33. The zero-order valence-corrected chi connectivity index (χ0v) is 15.8. The number of hydrogen-bond acceptors (Lipinski definition) is 8. The average Bonchev–Trinajstić information content (AvgIpc) is 3.13. The summed E-state index contributed by atoms with van der Waals surface area (Å²) in [6.45, 7) is 4.01. The Hall–Kier alpha value is -1.29. The van der Waals surface area contributed by atoms with Crippen LogP contribution in [0.4, 0.5) is 5.82 Å². The number of phosphoric ester groups is 1. The number of nitrogens with two attached hydrogens (primary N) is 1. The molecule has 2 aliphatic rings. The van der Waals surface area contributed by atoms with Crippen molar-refractivity contribution in [2.24, 2.45) is 5.92 Å². The van der Waals surface area contributed by atoms with Crippen LogP contribution in [0.5, 0.6) is 0 Å². The van der Waals surface area contributed by atoms with Gasteiger partial charge in [0.2, 0.25) is 0 Å². The Balaban J connectivity index is 1.92. The molecule has 2 saturated heterocycles. The molecule has 0 amide bonds. The molecule has 0 aromatic carbocycles. The van der Waals surface area contributed by atoms with E-state index < -0.39 is 31.4 Å². The normalized spacial score (nSPS) is 33.2. The van der Waals surface area contributed by atoms with Gasteiger partial charge in [-0.2, -0.15) is 4.98 Å². The van der Waals surface area contributed by atoms with Crippen molar-refractivity contribution in [1.29, 1.82) is 0 Å². The highest BCUT2D eigenvalue weighted by Gasteiger charge is 2.59. The molecule has 3 N–H and O–H groups in total. The van der Waals surface area contributed by atoms with Crippen molar-refractivity contribution in [3.63, 3.8) is 0 Å². The molecule has 3 rings (SSSR count). The van der Waals surface area contributed by atoms with Gasteiger partial charge in [-0.1, -0.05) is 13.3 Å². The maximum absolute atomic E-state index is 12.2. The van der Waals surface area contributed by atoms with Gasteiger partial charge in [0, 0.05) is 24.8 Å². The van der Waals surface area contributed by atoms with E-state index >= 15 is 0 Å². The number of hydrogen-bond donors (Lipinski definition) is 2. The van der Waals surface area contributed by atoms with Crippen molar-refractivity contribution in [3.05, 3.63) is 22.2 Å². The summed E-state index contributed by atoms with van der Waals surface area (Å²) in [5.41, 5.74) is 4.76. The van der Waals surface area contributed by atoms with E-state index in [-0.39, 0.29) is 24.9 Å². The first-order valence-electron chi connectivity index (χ1n) is 8.41. The van der Waals surface area contributed by atoms with Crippen LogP contribution in [0.3, 0.4) is 0 Å². The first kappa shape index (κ1) is 19.5. The molecule has 2 fully saturated rings. The van der Waals surface area contributed by atoms with Crippen molar-refractivity contribution in [3.8, 4) is 0 Å². The predicted molar refractivity (Wildman–Crippen MR) is 91.4 cm³/mol. The van der Waals surface area contributed by atoms with Crippen molar-refractivity contribution in [2.45, 2.75) is 44.6 Å².